The Morgan fingerprint density at radius 2 is 1.77 bits per heavy atom. The summed E-state index contributed by atoms with van der Waals surface area (Å²) >= 11 is 1.58. The number of sulfonamides is 1. The van der Waals surface area contributed by atoms with E-state index >= 15 is 0 Å². The van der Waals surface area contributed by atoms with Gasteiger partial charge in [-0.2, -0.15) is 0 Å². The second-order valence-corrected chi connectivity index (χ2v) is 9.89. The summed E-state index contributed by atoms with van der Waals surface area (Å²) < 4.78 is 27.1. The van der Waals surface area contributed by atoms with Crippen molar-refractivity contribution in [3.8, 4) is 0 Å². The molecule has 0 radical (unpaired) electrons. The van der Waals surface area contributed by atoms with Gasteiger partial charge in [-0.25, -0.2) is 13.1 Å². The molecule has 3 aromatic rings. The molecule has 31 heavy (non-hydrogen) atoms. The van der Waals surface area contributed by atoms with Crippen molar-refractivity contribution in [3.63, 3.8) is 0 Å². The van der Waals surface area contributed by atoms with E-state index in [0.717, 1.165) is 27.0 Å². The van der Waals surface area contributed by atoms with Crippen LogP contribution in [0.2, 0.25) is 0 Å². The molecule has 0 aliphatic rings. The number of hydrogen-bond acceptors (Lipinski definition) is 4. The Morgan fingerprint density at radius 3 is 2.45 bits per heavy atom. The number of hydrogen-bond donors (Lipinski definition) is 1. The summed E-state index contributed by atoms with van der Waals surface area (Å²) in [6.07, 6.45) is 2.23. The minimum Gasteiger partial charge on any atom is -0.336 e. The van der Waals surface area contributed by atoms with Crippen LogP contribution in [0.1, 0.15) is 21.6 Å². The van der Waals surface area contributed by atoms with Crippen LogP contribution in [0.4, 0.5) is 0 Å². The maximum absolute atomic E-state index is 12.8. The predicted octanol–water partition coefficient (Wildman–Crippen LogP) is 4.22. The molecule has 5 nitrogen and oxygen atoms in total. The molecule has 7 heteroatoms. The monoisotopic (exact) mass is 454 g/mol. The lowest BCUT2D eigenvalue weighted by Crippen LogP contribution is -2.40. The van der Waals surface area contributed by atoms with Gasteiger partial charge in [-0.05, 0) is 42.0 Å². The quantitative estimate of drug-likeness (QED) is 0.499. The Morgan fingerprint density at radius 1 is 1.03 bits per heavy atom. The highest BCUT2D eigenvalue weighted by atomic mass is 32.2. The smallest absolute Gasteiger partial charge is 0.237 e. The Bertz CT molecular complexity index is 1090. The van der Waals surface area contributed by atoms with Gasteiger partial charge >= 0.3 is 0 Å². The summed E-state index contributed by atoms with van der Waals surface area (Å²) in [5.41, 5.74) is 3.02. The molecular formula is C24H26N2O3S2. The summed E-state index contributed by atoms with van der Waals surface area (Å²) in [5, 5.41) is 3.06. The second-order valence-electron chi connectivity index (χ2n) is 7.21. The van der Waals surface area contributed by atoms with Crippen LogP contribution in [0, 0.1) is 6.92 Å². The van der Waals surface area contributed by atoms with E-state index in [-0.39, 0.29) is 12.5 Å². The van der Waals surface area contributed by atoms with Crippen molar-refractivity contribution in [1.82, 2.24) is 9.62 Å². The first kappa shape index (κ1) is 22.9. The maximum Gasteiger partial charge on any atom is 0.237 e. The Labute approximate surface area is 188 Å². The lowest BCUT2D eigenvalue weighted by atomic mass is 10.1. The van der Waals surface area contributed by atoms with E-state index in [1.807, 2.05) is 79.0 Å². The van der Waals surface area contributed by atoms with Crippen LogP contribution in [0.25, 0.3) is 6.08 Å². The lowest BCUT2D eigenvalue weighted by Gasteiger charge is -2.22. The maximum atomic E-state index is 12.8. The zero-order valence-corrected chi connectivity index (χ0v) is 19.0. The molecule has 0 saturated carbocycles. The van der Waals surface area contributed by atoms with E-state index < -0.39 is 10.0 Å². The third-order valence-corrected chi connectivity index (χ3v) is 6.64. The van der Waals surface area contributed by atoms with E-state index in [9.17, 15) is 13.2 Å². The van der Waals surface area contributed by atoms with Crippen LogP contribution in [0.5, 0.6) is 0 Å². The Balaban J connectivity index is 1.60. The third kappa shape index (κ3) is 7.79. The molecule has 0 aliphatic heterocycles. The van der Waals surface area contributed by atoms with Crippen molar-refractivity contribution in [2.24, 2.45) is 0 Å². The van der Waals surface area contributed by atoms with Crippen LogP contribution in [0.15, 0.2) is 77.5 Å². The Hall–Kier alpha value is -2.74. The fourth-order valence-corrected chi connectivity index (χ4v) is 4.44. The van der Waals surface area contributed by atoms with Crippen molar-refractivity contribution in [2.45, 2.75) is 19.9 Å². The summed E-state index contributed by atoms with van der Waals surface area (Å²) in [5.74, 6) is -0.253. The van der Waals surface area contributed by atoms with Gasteiger partial charge in [0, 0.05) is 16.8 Å². The van der Waals surface area contributed by atoms with Crippen LogP contribution in [-0.2, 0) is 27.8 Å². The molecular weight excluding hydrogens is 428 g/mol. The number of carbonyl (C=O) groups is 1. The second kappa shape index (κ2) is 11.0. The van der Waals surface area contributed by atoms with E-state index in [2.05, 4.69) is 4.72 Å². The van der Waals surface area contributed by atoms with Gasteiger partial charge in [-0.1, -0.05) is 66.2 Å². The van der Waals surface area contributed by atoms with E-state index in [1.165, 1.54) is 6.08 Å². The molecule has 2 aromatic carbocycles. The summed E-state index contributed by atoms with van der Waals surface area (Å²) in [7, 11) is -3.72. The first-order valence-corrected chi connectivity index (χ1v) is 12.4. The van der Waals surface area contributed by atoms with Crippen molar-refractivity contribution >= 4 is 33.3 Å². The molecule has 0 bridgehead atoms. The average molecular weight is 455 g/mol. The van der Waals surface area contributed by atoms with Crippen LogP contribution in [-0.4, -0.2) is 32.3 Å². The fraction of sp³-hybridized carbons (Fsp3) is 0.208. The molecule has 0 fully saturated rings. The van der Waals surface area contributed by atoms with Crippen molar-refractivity contribution in [2.75, 3.05) is 13.1 Å². The molecule has 1 amide bonds. The molecule has 1 aromatic heterocycles. The molecule has 0 saturated heterocycles. The van der Waals surface area contributed by atoms with Crippen molar-refractivity contribution in [1.29, 1.82) is 0 Å². The van der Waals surface area contributed by atoms with Gasteiger partial charge in [0.25, 0.3) is 0 Å². The molecule has 0 spiro atoms. The molecule has 0 aliphatic carbocycles. The topological polar surface area (TPSA) is 66.5 Å². The first-order valence-electron chi connectivity index (χ1n) is 10.00. The minimum absolute atomic E-state index is 0.253. The van der Waals surface area contributed by atoms with Gasteiger partial charge in [0.2, 0.25) is 15.9 Å². The molecule has 0 unspecified atom stereocenters. The highest BCUT2D eigenvalue weighted by Gasteiger charge is 2.17. The molecule has 0 atom stereocenters. The zero-order chi connectivity index (χ0) is 22.1. The van der Waals surface area contributed by atoms with Crippen molar-refractivity contribution in [3.05, 3.63) is 99.1 Å². The van der Waals surface area contributed by atoms with Gasteiger partial charge in [-0.15, -0.1) is 11.3 Å². The molecule has 1 heterocycles. The normalized spacial score (nSPS) is 11.6. The number of thiophene rings is 1. The largest absolute Gasteiger partial charge is 0.336 e. The fourth-order valence-electron chi connectivity index (χ4n) is 2.96. The zero-order valence-electron chi connectivity index (χ0n) is 17.4. The number of nitrogens with zero attached hydrogens (tertiary/aromatic N) is 1. The van der Waals surface area contributed by atoms with Gasteiger partial charge < -0.3 is 4.90 Å². The molecule has 1 N–H and O–H groups in total. The summed E-state index contributed by atoms with van der Waals surface area (Å²) in [6.45, 7) is 2.67. The molecule has 3 rings (SSSR count). The molecule has 162 valence electrons. The first-order chi connectivity index (χ1) is 14.9. The summed E-state index contributed by atoms with van der Waals surface area (Å²) in [6, 6.07) is 21.4. The van der Waals surface area contributed by atoms with E-state index in [4.69, 9.17) is 0 Å². The average Bonchev–Trinajstić information content (AvgIpc) is 3.29. The number of carbonyl (C=O) groups excluding carboxylic acids is 1. The summed E-state index contributed by atoms with van der Waals surface area (Å²) in [4.78, 5) is 15.6. The third-order valence-electron chi connectivity index (χ3n) is 4.73. The van der Waals surface area contributed by atoms with Crippen molar-refractivity contribution < 1.29 is 13.2 Å². The highest BCUT2D eigenvalue weighted by Crippen LogP contribution is 2.13. The number of amides is 1. The SMILES string of the molecule is Cc1ccc(/C=C/S(=O)(=O)NCC(=O)N(CCc2ccccc2)Cc2cccs2)cc1. The van der Waals surface area contributed by atoms with Crippen LogP contribution in [0.3, 0.4) is 0 Å². The standard InChI is InChI=1S/C24H26N2O3S2/c1-20-9-11-22(12-10-20)14-17-31(28,29)25-18-24(27)26(19-23-8-5-16-30-23)15-13-21-6-3-2-4-7-21/h2-12,14,16-17,25H,13,15,18-19H2,1H3/b17-14+. The van der Waals surface area contributed by atoms with Gasteiger partial charge in [-0.3, -0.25) is 4.79 Å². The van der Waals surface area contributed by atoms with Gasteiger partial charge in [0.05, 0.1) is 13.1 Å². The lowest BCUT2D eigenvalue weighted by molar-refractivity contribution is -0.130. The number of benzene rings is 2. The van der Waals surface area contributed by atoms with Crippen LogP contribution < -0.4 is 4.72 Å². The van der Waals surface area contributed by atoms with Gasteiger partial charge in [0.15, 0.2) is 0 Å². The van der Waals surface area contributed by atoms with E-state index in [0.29, 0.717) is 19.5 Å². The van der Waals surface area contributed by atoms with Gasteiger partial charge in [0.1, 0.15) is 0 Å². The van der Waals surface area contributed by atoms with Crippen LogP contribution >= 0.6 is 11.3 Å². The number of nitrogens with one attached hydrogen (secondary N) is 1. The number of aryl methyl sites for hydroxylation is 1. The van der Waals surface area contributed by atoms with E-state index in [1.54, 1.807) is 16.2 Å². The number of rotatable bonds is 10. The predicted molar refractivity (Wildman–Crippen MR) is 127 cm³/mol. The minimum atomic E-state index is -3.72. The Kier molecular flexibility index (Phi) is 8.17. The highest BCUT2D eigenvalue weighted by molar-refractivity contribution is 7.92.